The van der Waals surface area contributed by atoms with Crippen LogP contribution in [0.15, 0.2) is 103 Å². The Bertz CT molecular complexity index is 1830. The molecule has 0 saturated carbocycles. The number of nitrogens with zero attached hydrogens (tertiary/aromatic N) is 2. The zero-order chi connectivity index (χ0) is 35.0. The highest BCUT2D eigenvalue weighted by Gasteiger charge is 2.74. The summed E-state index contributed by atoms with van der Waals surface area (Å²) >= 11 is 6.77. The minimum atomic E-state index is -1.54. The maximum atomic E-state index is 15.3. The number of fused-ring (bicyclic) bond motifs is 2. The van der Waals surface area contributed by atoms with E-state index in [9.17, 15) is 19.5 Å². The predicted molar refractivity (Wildman–Crippen MR) is 186 cm³/mol. The van der Waals surface area contributed by atoms with Gasteiger partial charge in [-0.2, -0.15) is 0 Å². The number of carbonyl (C=O) groups is 4. The molecule has 0 unspecified atom stereocenters. The van der Waals surface area contributed by atoms with Gasteiger partial charge in [0.05, 0.1) is 41.9 Å². The lowest BCUT2D eigenvalue weighted by Crippen LogP contribution is -2.57. The smallest absolute Gasteiger partial charge is 0.313 e. The fraction of sp³-hybridized carbons (Fsp3) is 0.333. The van der Waals surface area contributed by atoms with Gasteiger partial charge in [0.2, 0.25) is 11.8 Å². The Morgan fingerprint density at radius 1 is 0.960 bits per heavy atom. The van der Waals surface area contributed by atoms with E-state index in [4.69, 9.17) is 21.1 Å². The highest BCUT2D eigenvalue weighted by molar-refractivity contribution is 6.34. The van der Waals surface area contributed by atoms with E-state index in [0.29, 0.717) is 28.3 Å². The van der Waals surface area contributed by atoms with Crippen LogP contribution in [0.25, 0.3) is 0 Å². The number of esters is 1. The third-order valence-electron chi connectivity index (χ3n) is 10.1. The lowest BCUT2D eigenvalue weighted by Gasteiger charge is -2.39. The molecular formula is C39H38ClN3O7. The molecule has 1 spiro atoms. The fourth-order valence-corrected chi connectivity index (χ4v) is 8.17. The average molecular weight is 696 g/mol. The zero-order valence-corrected chi connectivity index (χ0v) is 28.2. The third kappa shape index (κ3) is 5.81. The molecule has 0 aliphatic carbocycles. The summed E-state index contributed by atoms with van der Waals surface area (Å²) in [5.41, 5.74) is 0.960. The number of aliphatic hydroxyl groups is 1. The number of allylic oxidation sites excluding steroid dienone is 1. The molecule has 4 heterocycles. The first kappa shape index (κ1) is 33.7. The summed E-state index contributed by atoms with van der Waals surface area (Å²) < 4.78 is 12.7. The minimum Gasteiger partial charge on any atom is -0.455 e. The van der Waals surface area contributed by atoms with Crippen LogP contribution >= 0.6 is 11.6 Å². The number of nitrogens with one attached hydrogen (secondary N) is 1. The number of ether oxygens (including phenoxy) is 2. The van der Waals surface area contributed by atoms with Crippen molar-refractivity contribution in [2.24, 2.45) is 11.8 Å². The second kappa shape index (κ2) is 13.9. The molecule has 0 radical (unpaired) electrons. The normalized spacial score (nSPS) is 29.5. The number of hydrogen-bond donors (Lipinski definition) is 2. The van der Waals surface area contributed by atoms with Crippen molar-refractivity contribution in [3.8, 4) is 0 Å². The SMILES string of the molecule is Cc1cccc(Cl)c1N1C/C=C\CCC(=O)NC[C@H](c2ccccc2)OC(=O)[C@@H]2[C@H]3C(=O)N([C@H](CO)c4ccccc4)[C@H](C1=O)[C@]31C=C[C@H]2O1. The van der Waals surface area contributed by atoms with Crippen LogP contribution in [0.2, 0.25) is 5.02 Å². The quantitative estimate of drug-likeness (QED) is 0.295. The number of rotatable bonds is 5. The van der Waals surface area contributed by atoms with Gasteiger partial charge < -0.3 is 29.7 Å². The number of benzene rings is 3. The van der Waals surface area contributed by atoms with Gasteiger partial charge in [-0.3, -0.25) is 19.2 Å². The van der Waals surface area contributed by atoms with E-state index in [1.165, 1.54) is 9.80 Å². The molecule has 258 valence electrons. The summed E-state index contributed by atoms with van der Waals surface area (Å²) in [6.07, 6.45) is 5.96. The monoisotopic (exact) mass is 695 g/mol. The number of halogens is 1. The molecule has 3 amide bonds. The summed E-state index contributed by atoms with van der Waals surface area (Å²) in [5, 5.41) is 14.1. The maximum absolute atomic E-state index is 15.3. The lowest BCUT2D eigenvalue weighted by atomic mass is 9.74. The summed E-state index contributed by atoms with van der Waals surface area (Å²) in [6.45, 7) is 1.47. The first-order valence-corrected chi connectivity index (χ1v) is 17.2. The number of para-hydroxylation sites is 1. The summed E-state index contributed by atoms with van der Waals surface area (Å²) in [4.78, 5) is 60.2. The molecule has 2 saturated heterocycles. The third-order valence-corrected chi connectivity index (χ3v) is 10.4. The fourth-order valence-electron chi connectivity index (χ4n) is 7.85. The van der Waals surface area contributed by atoms with Crippen LogP contribution in [0.3, 0.4) is 0 Å². The van der Waals surface area contributed by atoms with Crippen molar-refractivity contribution in [2.75, 3.05) is 24.6 Å². The molecule has 10 nitrogen and oxygen atoms in total. The van der Waals surface area contributed by atoms with Crippen LogP contribution in [0.5, 0.6) is 0 Å². The van der Waals surface area contributed by atoms with Crippen molar-refractivity contribution in [1.29, 1.82) is 0 Å². The second-order valence-electron chi connectivity index (χ2n) is 13.1. The van der Waals surface area contributed by atoms with Gasteiger partial charge in [-0.05, 0) is 36.1 Å². The predicted octanol–water partition coefficient (Wildman–Crippen LogP) is 4.62. The van der Waals surface area contributed by atoms with Crippen LogP contribution in [0.1, 0.15) is 41.7 Å². The molecular weight excluding hydrogens is 658 g/mol. The second-order valence-corrected chi connectivity index (χ2v) is 13.5. The Hall–Kier alpha value is -4.77. The summed E-state index contributed by atoms with van der Waals surface area (Å²) in [6, 6.07) is 21.2. The molecule has 7 atom stereocenters. The highest BCUT2D eigenvalue weighted by atomic mass is 35.5. The summed E-state index contributed by atoms with van der Waals surface area (Å²) in [5.74, 6) is -4.10. The Balaban J connectivity index is 1.38. The number of hydrogen-bond acceptors (Lipinski definition) is 7. The van der Waals surface area contributed by atoms with E-state index < -0.39 is 66.1 Å². The molecule has 4 aliphatic rings. The average Bonchev–Trinajstić information content (AvgIpc) is 3.77. The topological polar surface area (TPSA) is 125 Å². The minimum absolute atomic E-state index is 0.0313. The van der Waals surface area contributed by atoms with Gasteiger partial charge in [0.1, 0.15) is 23.7 Å². The van der Waals surface area contributed by atoms with Gasteiger partial charge in [-0.1, -0.05) is 109 Å². The van der Waals surface area contributed by atoms with E-state index in [0.717, 1.165) is 5.56 Å². The van der Waals surface area contributed by atoms with Gasteiger partial charge in [0, 0.05) is 13.0 Å². The molecule has 11 heteroatoms. The number of aryl methyl sites for hydroxylation is 1. The first-order valence-electron chi connectivity index (χ1n) is 16.8. The van der Waals surface area contributed by atoms with E-state index >= 15 is 4.79 Å². The van der Waals surface area contributed by atoms with Crippen molar-refractivity contribution < 1.29 is 33.8 Å². The van der Waals surface area contributed by atoms with Crippen LogP contribution in [0, 0.1) is 18.8 Å². The molecule has 50 heavy (non-hydrogen) atoms. The highest BCUT2D eigenvalue weighted by Crippen LogP contribution is 2.57. The van der Waals surface area contributed by atoms with Crippen LogP contribution in [0.4, 0.5) is 5.69 Å². The largest absolute Gasteiger partial charge is 0.455 e. The lowest BCUT2D eigenvalue weighted by molar-refractivity contribution is -0.160. The van der Waals surface area contributed by atoms with Gasteiger partial charge in [0.25, 0.3) is 5.91 Å². The standard InChI is InChI=1S/C39H38ClN3O7/c1-24-12-11-17-27(40)34(24)42-21-10-4-9-18-31(45)41-22-30(26-15-7-3-8-16-26)49-38(48)32-29-19-20-39(50-29)33(32)36(46)43(35(39)37(42)47)28(23-44)25-13-5-2-6-14-25/h2-8,10-17,19-20,28-30,32-33,35,44H,9,18,21-23H2,1H3,(H,41,45)/b10-4-/t28-,29-,30-,32+,33+,35-,39+/m1/s1. The zero-order valence-electron chi connectivity index (χ0n) is 27.5. The van der Waals surface area contributed by atoms with Gasteiger partial charge in [-0.25, -0.2) is 0 Å². The molecule has 0 aromatic heterocycles. The van der Waals surface area contributed by atoms with Crippen LogP contribution in [-0.2, 0) is 28.7 Å². The van der Waals surface area contributed by atoms with Gasteiger partial charge in [-0.15, -0.1) is 0 Å². The Morgan fingerprint density at radius 3 is 2.42 bits per heavy atom. The van der Waals surface area contributed by atoms with Gasteiger partial charge >= 0.3 is 5.97 Å². The first-order chi connectivity index (χ1) is 24.2. The number of carbonyl (C=O) groups excluding carboxylic acids is 4. The van der Waals surface area contributed by atoms with E-state index in [2.05, 4.69) is 5.32 Å². The maximum Gasteiger partial charge on any atom is 0.313 e. The van der Waals surface area contributed by atoms with Crippen molar-refractivity contribution in [1.82, 2.24) is 10.2 Å². The molecule has 3 aromatic carbocycles. The molecule has 2 N–H and O–H groups in total. The van der Waals surface area contributed by atoms with Crippen LogP contribution < -0.4 is 10.2 Å². The van der Waals surface area contributed by atoms with Crippen LogP contribution in [-0.4, -0.2) is 71.1 Å². The Labute approximate surface area is 295 Å². The molecule has 7 rings (SSSR count). The summed E-state index contributed by atoms with van der Waals surface area (Å²) in [7, 11) is 0. The van der Waals surface area contributed by atoms with Gasteiger partial charge in [0.15, 0.2) is 0 Å². The molecule has 4 aliphatic heterocycles. The van der Waals surface area contributed by atoms with Crippen molar-refractivity contribution in [2.45, 2.75) is 49.7 Å². The number of likely N-dealkylation sites (tertiary alicyclic amines) is 1. The van der Waals surface area contributed by atoms with Crippen molar-refractivity contribution in [3.63, 3.8) is 0 Å². The number of cyclic esters (lactones) is 1. The Kier molecular flexibility index (Phi) is 9.34. The van der Waals surface area contributed by atoms with E-state index in [-0.39, 0.29) is 25.4 Å². The number of anilines is 1. The number of amides is 3. The molecule has 5 bridgehead atoms. The Morgan fingerprint density at radius 2 is 1.70 bits per heavy atom. The number of aliphatic hydroxyl groups excluding tert-OH is 1. The van der Waals surface area contributed by atoms with Crippen molar-refractivity contribution in [3.05, 3.63) is 125 Å². The molecule has 2 fully saturated rings. The molecule has 3 aromatic rings. The van der Waals surface area contributed by atoms with E-state index in [1.807, 2.05) is 55.5 Å². The van der Waals surface area contributed by atoms with Crippen molar-refractivity contribution >= 4 is 41.0 Å². The van der Waals surface area contributed by atoms with E-state index in [1.54, 1.807) is 54.6 Å².